The average molecular weight is 474 g/mol. The minimum absolute atomic E-state index is 0.0889. The van der Waals surface area contributed by atoms with Crippen LogP contribution in [-0.4, -0.2) is 68.8 Å². The molecule has 10 heteroatoms. The van der Waals surface area contributed by atoms with Gasteiger partial charge in [-0.3, -0.25) is 4.79 Å². The number of thioether (sulfide) groups is 1. The van der Waals surface area contributed by atoms with Crippen LogP contribution in [0.4, 0.5) is 0 Å². The van der Waals surface area contributed by atoms with Crippen molar-refractivity contribution in [2.45, 2.75) is 10.9 Å². The molecule has 0 saturated carbocycles. The molecule has 2 heterocycles. The molecule has 1 aromatic carbocycles. The van der Waals surface area contributed by atoms with Crippen LogP contribution in [0.5, 0.6) is 0 Å². The zero-order valence-corrected chi connectivity index (χ0v) is 19.5. The maximum absolute atomic E-state index is 13.0. The highest BCUT2D eigenvalue weighted by molar-refractivity contribution is 7.99. The molecule has 6 nitrogen and oxygen atoms in total. The van der Waals surface area contributed by atoms with Gasteiger partial charge in [0.15, 0.2) is 0 Å². The van der Waals surface area contributed by atoms with Crippen LogP contribution in [0.1, 0.15) is 21.3 Å². The summed E-state index contributed by atoms with van der Waals surface area (Å²) in [7, 11) is 0.154. The molecule has 2 aromatic rings. The van der Waals surface area contributed by atoms with E-state index in [9.17, 15) is 13.2 Å². The molecule has 3 rings (SSSR count). The van der Waals surface area contributed by atoms with E-state index in [2.05, 4.69) is 5.32 Å². The predicted octanol–water partition coefficient (Wildman–Crippen LogP) is 3.17. The number of hydrogen-bond acceptors (Lipinski definition) is 6. The number of nitrogens with one attached hydrogen (secondary N) is 1. The summed E-state index contributed by atoms with van der Waals surface area (Å²) in [4.78, 5) is 15.1. The van der Waals surface area contributed by atoms with E-state index in [0.717, 1.165) is 28.4 Å². The number of thiophene rings is 1. The molecule has 0 aliphatic carbocycles. The van der Waals surface area contributed by atoms with Crippen molar-refractivity contribution in [1.82, 2.24) is 14.5 Å². The Kier molecular flexibility index (Phi) is 7.63. The maximum Gasteiger partial charge on any atom is 0.262 e. The topological polar surface area (TPSA) is 69.7 Å². The van der Waals surface area contributed by atoms with Gasteiger partial charge in [0.1, 0.15) is 9.77 Å². The van der Waals surface area contributed by atoms with Crippen LogP contribution in [0.2, 0.25) is 5.02 Å². The minimum atomic E-state index is -3.67. The molecule has 1 unspecified atom stereocenters. The van der Waals surface area contributed by atoms with Gasteiger partial charge in [0, 0.05) is 36.2 Å². The monoisotopic (exact) mass is 473 g/mol. The van der Waals surface area contributed by atoms with Crippen molar-refractivity contribution in [1.29, 1.82) is 0 Å². The van der Waals surface area contributed by atoms with Crippen LogP contribution in [0.15, 0.2) is 40.6 Å². The third-order valence-electron chi connectivity index (χ3n) is 4.77. The van der Waals surface area contributed by atoms with E-state index in [-0.39, 0.29) is 21.7 Å². The van der Waals surface area contributed by atoms with Crippen LogP contribution >= 0.6 is 34.7 Å². The van der Waals surface area contributed by atoms with Crippen molar-refractivity contribution in [2.24, 2.45) is 0 Å². The molecule has 0 radical (unpaired) electrons. The Morgan fingerprint density at radius 3 is 2.59 bits per heavy atom. The van der Waals surface area contributed by atoms with Crippen LogP contribution in [0, 0.1) is 0 Å². The van der Waals surface area contributed by atoms with Crippen LogP contribution < -0.4 is 5.32 Å². The summed E-state index contributed by atoms with van der Waals surface area (Å²) < 4.78 is 27.5. The normalized spacial score (nSPS) is 16.7. The second kappa shape index (κ2) is 9.80. The first-order valence-electron chi connectivity index (χ1n) is 9.17. The number of hydrogen-bond donors (Lipinski definition) is 1. The van der Waals surface area contributed by atoms with Gasteiger partial charge >= 0.3 is 0 Å². The quantitative estimate of drug-likeness (QED) is 0.668. The zero-order valence-electron chi connectivity index (χ0n) is 16.3. The Labute approximate surface area is 185 Å². The summed E-state index contributed by atoms with van der Waals surface area (Å²) in [6.07, 6.45) is 0. The Hall–Kier alpha value is -1.10. The lowest BCUT2D eigenvalue weighted by atomic mass is 10.1. The number of nitrogens with zero attached hydrogens (tertiary/aromatic N) is 2. The molecule has 1 amide bonds. The predicted molar refractivity (Wildman–Crippen MR) is 121 cm³/mol. The van der Waals surface area contributed by atoms with Crippen LogP contribution in [0.25, 0.3) is 0 Å². The molecule has 29 heavy (non-hydrogen) atoms. The fourth-order valence-corrected chi connectivity index (χ4v) is 7.33. The molecule has 0 spiro atoms. The number of amides is 1. The van der Waals surface area contributed by atoms with Crippen LogP contribution in [-0.2, 0) is 10.0 Å². The highest BCUT2D eigenvalue weighted by atomic mass is 35.5. The minimum Gasteiger partial charge on any atom is -0.349 e. The molecule has 1 atom stereocenters. The fourth-order valence-electron chi connectivity index (χ4n) is 3.18. The SMILES string of the molecule is CN(C)C(CNC(=O)c1sccc1S(=O)(=O)N1CCSCC1)c1ccccc1Cl. The van der Waals surface area contributed by atoms with Gasteiger partial charge < -0.3 is 10.2 Å². The molecule has 1 saturated heterocycles. The second-order valence-corrected chi connectivity index (χ2v) is 11.3. The van der Waals surface area contributed by atoms with Crippen molar-refractivity contribution in [3.63, 3.8) is 0 Å². The van der Waals surface area contributed by atoms with Crippen molar-refractivity contribution in [2.75, 3.05) is 45.2 Å². The molecular weight excluding hydrogens is 450 g/mol. The lowest BCUT2D eigenvalue weighted by molar-refractivity contribution is 0.0943. The number of likely N-dealkylation sites (N-methyl/N-ethyl adjacent to an activating group) is 1. The van der Waals surface area contributed by atoms with Gasteiger partial charge in [0.05, 0.1) is 6.04 Å². The highest BCUT2D eigenvalue weighted by Crippen LogP contribution is 2.28. The first-order chi connectivity index (χ1) is 13.8. The third kappa shape index (κ3) is 5.15. The lowest BCUT2D eigenvalue weighted by Crippen LogP contribution is -2.39. The van der Waals surface area contributed by atoms with Crippen LogP contribution in [0.3, 0.4) is 0 Å². The highest BCUT2D eigenvalue weighted by Gasteiger charge is 2.31. The number of halogens is 1. The number of carbonyl (C=O) groups excluding carboxylic acids is 1. The van der Waals surface area contributed by atoms with E-state index in [1.54, 1.807) is 17.1 Å². The summed E-state index contributed by atoms with van der Waals surface area (Å²) in [5.41, 5.74) is 0.907. The smallest absolute Gasteiger partial charge is 0.262 e. The van der Waals surface area contributed by atoms with E-state index >= 15 is 0 Å². The number of rotatable bonds is 7. The van der Waals surface area contributed by atoms with Crippen molar-refractivity contribution in [3.05, 3.63) is 51.2 Å². The summed E-state index contributed by atoms with van der Waals surface area (Å²) in [6.45, 7) is 1.26. The van der Waals surface area contributed by atoms with E-state index in [1.165, 1.54) is 10.4 Å². The summed E-state index contributed by atoms with van der Waals surface area (Å²) in [6, 6.07) is 8.89. The van der Waals surface area contributed by atoms with Gasteiger partial charge in [0.2, 0.25) is 10.0 Å². The molecule has 0 bridgehead atoms. The third-order valence-corrected chi connectivity index (χ3v) is 9.04. The fraction of sp³-hybridized carbons (Fsp3) is 0.421. The maximum atomic E-state index is 13.0. The molecule has 158 valence electrons. The van der Waals surface area contributed by atoms with Gasteiger partial charge in [-0.25, -0.2) is 8.42 Å². The van der Waals surface area contributed by atoms with Crippen molar-refractivity contribution >= 4 is 50.6 Å². The first kappa shape index (κ1) is 22.6. The van der Waals surface area contributed by atoms with Gasteiger partial charge in [0.25, 0.3) is 5.91 Å². The van der Waals surface area contributed by atoms with Gasteiger partial charge in [-0.05, 0) is 37.2 Å². The van der Waals surface area contributed by atoms with E-state index < -0.39 is 10.0 Å². The molecule has 1 aliphatic rings. The Morgan fingerprint density at radius 2 is 1.93 bits per heavy atom. The van der Waals surface area contributed by atoms with E-state index in [0.29, 0.717) is 24.7 Å². The standard InChI is InChI=1S/C19H24ClN3O3S3/c1-22(2)16(14-5-3-4-6-15(14)20)13-21-19(24)18-17(7-10-28-18)29(25,26)23-8-11-27-12-9-23/h3-7,10,16H,8-9,11-13H2,1-2H3,(H,21,24). The lowest BCUT2D eigenvalue weighted by Gasteiger charge is -2.26. The Bertz CT molecular complexity index is 956. The summed E-state index contributed by atoms with van der Waals surface area (Å²) in [5, 5.41) is 5.17. The summed E-state index contributed by atoms with van der Waals surface area (Å²) in [5.74, 6) is 1.16. The second-order valence-electron chi connectivity index (χ2n) is 6.84. The summed E-state index contributed by atoms with van der Waals surface area (Å²) >= 11 is 9.21. The molecule has 1 N–H and O–H groups in total. The zero-order chi connectivity index (χ0) is 21.0. The van der Waals surface area contributed by atoms with Gasteiger partial charge in [-0.2, -0.15) is 16.1 Å². The van der Waals surface area contributed by atoms with E-state index in [1.807, 2.05) is 43.3 Å². The molecule has 1 aliphatic heterocycles. The van der Waals surface area contributed by atoms with Crippen molar-refractivity contribution in [3.8, 4) is 0 Å². The van der Waals surface area contributed by atoms with Gasteiger partial charge in [-0.1, -0.05) is 29.8 Å². The van der Waals surface area contributed by atoms with Gasteiger partial charge in [-0.15, -0.1) is 11.3 Å². The average Bonchev–Trinajstić information content (AvgIpc) is 3.20. The number of carbonyl (C=O) groups is 1. The number of benzene rings is 1. The first-order valence-corrected chi connectivity index (χ1v) is 13.0. The Balaban J connectivity index is 1.76. The van der Waals surface area contributed by atoms with Crippen molar-refractivity contribution < 1.29 is 13.2 Å². The molecule has 1 fully saturated rings. The molecular formula is C19H24ClN3O3S3. The van der Waals surface area contributed by atoms with E-state index in [4.69, 9.17) is 11.6 Å². The largest absolute Gasteiger partial charge is 0.349 e. The number of sulfonamides is 1. The Morgan fingerprint density at radius 1 is 1.24 bits per heavy atom. The molecule has 1 aromatic heterocycles.